The number of ether oxygens (including phenoxy) is 1. The molecule has 0 bridgehead atoms. The maximum Gasteiger partial charge on any atom is 0.411 e. The quantitative estimate of drug-likeness (QED) is 0.824. The molecule has 0 spiro atoms. The van der Waals surface area contributed by atoms with E-state index in [0.717, 1.165) is 0 Å². The summed E-state index contributed by atoms with van der Waals surface area (Å²) in [7, 11) is 0. The summed E-state index contributed by atoms with van der Waals surface area (Å²) in [5.41, 5.74) is 0.0968. The number of carboxylic acid groups (broad SMARTS) is 1. The van der Waals surface area contributed by atoms with Crippen LogP contribution in [0.15, 0.2) is 24.3 Å². The summed E-state index contributed by atoms with van der Waals surface area (Å²) in [5.74, 6) is -1.34. The van der Waals surface area contributed by atoms with E-state index in [1.807, 2.05) is 6.92 Å². The van der Waals surface area contributed by atoms with E-state index in [9.17, 15) is 14.7 Å². The van der Waals surface area contributed by atoms with Gasteiger partial charge >= 0.3 is 6.09 Å². The summed E-state index contributed by atoms with van der Waals surface area (Å²) in [4.78, 5) is 21.9. The van der Waals surface area contributed by atoms with Gasteiger partial charge in [-0.1, -0.05) is 25.1 Å². The minimum Gasteiger partial charge on any atom is -0.545 e. The highest BCUT2D eigenvalue weighted by Crippen LogP contribution is 2.14. The maximum atomic E-state index is 11.2. The molecule has 1 amide bonds. The second kappa shape index (κ2) is 5.75. The van der Waals surface area contributed by atoms with Crippen molar-refractivity contribution in [1.82, 2.24) is 0 Å². The van der Waals surface area contributed by atoms with Gasteiger partial charge in [0.25, 0.3) is 0 Å². The van der Waals surface area contributed by atoms with Crippen LogP contribution in [0.25, 0.3) is 0 Å². The molecule has 0 atom stereocenters. The molecule has 0 heterocycles. The van der Waals surface area contributed by atoms with Crippen LogP contribution in [-0.4, -0.2) is 18.7 Å². The Hall–Kier alpha value is -2.04. The molecule has 1 aromatic carbocycles. The Balaban J connectivity index is 2.73. The highest BCUT2D eigenvalue weighted by atomic mass is 16.5. The summed E-state index contributed by atoms with van der Waals surface area (Å²) in [6.45, 7) is 2.15. The lowest BCUT2D eigenvalue weighted by atomic mass is 10.2. The zero-order chi connectivity index (χ0) is 12.0. The van der Waals surface area contributed by atoms with Crippen molar-refractivity contribution in [2.75, 3.05) is 11.9 Å². The number of para-hydroxylation sites is 1. The van der Waals surface area contributed by atoms with Crippen LogP contribution < -0.4 is 10.4 Å². The minimum absolute atomic E-state index is 0.0732. The normalized spacial score (nSPS) is 9.56. The molecule has 0 unspecified atom stereocenters. The SMILES string of the molecule is CCCOC(=O)Nc1ccccc1C(=O)[O-]. The second-order valence-electron chi connectivity index (χ2n) is 3.09. The number of rotatable bonds is 4. The average molecular weight is 222 g/mol. The molecule has 1 rings (SSSR count). The van der Waals surface area contributed by atoms with Crippen molar-refractivity contribution >= 4 is 17.7 Å². The molecule has 1 N–H and O–H groups in total. The minimum atomic E-state index is -1.34. The van der Waals surface area contributed by atoms with Gasteiger partial charge in [0.1, 0.15) is 0 Å². The van der Waals surface area contributed by atoms with Crippen molar-refractivity contribution in [3.8, 4) is 0 Å². The van der Waals surface area contributed by atoms with Gasteiger partial charge in [-0.15, -0.1) is 0 Å². The number of carbonyl (C=O) groups is 2. The molecule has 0 aliphatic rings. The van der Waals surface area contributed by atoms with Gasteiger partial charge in [-0.3, -0.25) is 5.32 Å². The summed E-state index contributed by atoms with van der Waals surface area (Å²) in [5, 5.41) is 13.1. The first-order valence-corrected chi connectivity index (χ1v) is 4.89. The van der Waals surface area contributed by atoms with E-state index < -0.39 is 12.1 Å². The van der Waals surface area contributed by atoms with Gasteiger partial charge < -0.3 is 14.6 Å². The first-order valence-electron chi connectivity index (χ1n) is 4.89. The van der Waals surface area contributed by atoms with Crippen molar-refractivity contribution < 1.29 is 19.4 Å². The number of amides is 1. The summed E-state index contributed by atoms with van der Waals surface area (Å²) >= 11 is 0. The highest BCUT2D eigenvalue weighted by molar-refractivity contribution is 5.97. The molecule has 0 aliphatic heterocycles. The van der Waals surface area contributed by atoms with Crippen molar-refractivity contribution in [3.05, 3.63) is 29.8 Å². The van der Waals surface area contributed by atoms with Crippen LogP contribution in [0.2, 0.25) is 0 Å². The van der Waals surface area contributed by atoms with Crippen LogP contribution in [0, 0.1) is 0 Å². The van der Waals surface area contributed by atoms with Gasteiger partial charge in [-0.25, -0.2) is 4.79 Å². The number of hydrogen-bond donors (Lipinski definition) is 1. The van der Waals surface area contributed by atoms with Crippen LogP contribution in [0.1, 0.15) is 23.7 Å². The van der Waals surface area contributed by atoms with Crippen LogP contribution in [0.3, 0.4) is 0 Å². The summed E-state index contributed by atoms with van der Waals surface area (Å²) < 4.78 is 4.77. The Morgan fingerprint density at radius 2 is 2.06 bits per heavy atom. The van der Waals surface area contributed by atoms with Crippen LogP contribution in [-0.2, 0) is 4.74 Å². The largest absolute Gasteiger partial charge is 0.545 e. The van der Waals surface area contributed by atoms with Gasteiger partial charge in [0.05, 0.1) is 18.3 Å². The van der Waals surface area contributed by atoms with Crippen molar-refractivity contribution in [1.29, 1.82) is 0 Å². The van der Waals surface area contributed by atoms with Crippen molar-refractivity contribution in [3.63, 3.8) is 0 Å². The predicted molar refractivity (Wildman–Crippen MR) is 56.0 cm³/mol. The van der Waals surface area contributed by atoms with E-state index in [1.54, 1.807) is 12.1 Å². The smallest absolute Gasteiger partial charge is 0.411 e. The third-order valence-electron chi connectivity index (χ3n) is 1.82. The van der Waals surface area contributed by atoms with E-state index in [0.29, 0.717) is 13.0 Å². The molecule has 0 saturated heterocycles. The second-order valence-corrected chi connectivity index (χ2v) is 3.09. The van der Waals surface area contributed by atoms with E-state index in [2.05, 4.69) is 5.32 Å². The lowest BCUT2D eigenvalue weighted by molar-refractivity contribution is -0.254. The zero-order valence-electron chi connectivity index (χ0n) is 8.86. The number of benzene rings is 1. The molecular formula is C11H12NO4-. The summed E-state index contributed by atoms with van der Waals surface area (Å²) in [6.07, 6.45) is 0.0331. The van der Waals surface area contributed by atoms with Crippen molar-refractivity contribution in [2.45, 2.75) is 13.3 Å². The Bertz CT molecular complexity index is 389. The molecule has 0 radical (unpaired) electrons. The molecule has 5 heteroatoms. The molecule has 86 valence electrons. The van der Waals surface area contributed by atoms with E-state index in [-0.39, 0.29) is 11.3 Å². The standard InChI is InChI=1S/C11H13NO4/c1-2-7-16-11(15)12-9-6-4-3-5-8(9)10(13)14/h3-6H,2,7H2,1H3,(H,12,15)(H,13,14)/p-1. The van der Waals surface area contributed by atoms with E-state index >= 15 is 0 Å². The van der Waals surface area contributed by atoms with Crippen LogP contribution in [0.4, 0.5) is 10.5 Å². The van der Waals surface area contributed by atoms with E-state index in [4.69, 9.17) is 4.74 Å². The fourth-order valence-electron chi connectivity index (χ4n) is 1.11. The number of carbonyl (C=O) groups excluding carboxylic acids is 2. The molecular weight excluding hydrogens is 210 g/mol. The number of aromatic carboxylic acids is 1. The van der Waals surface area contributed by atoms with Crippen molar-refractivity contribution in [2.24, 2.45) is 0 Å². The van der Waals surface area contributed by atoms with Gasteiger partial charge in [0.15, 0.2) is 0 Å². The lowest BCUT2D eigenvalue weighted by Crippen LogP contribution is -2.25. The lowest BCUT2D eigenvalue weighted by Gasteiger charge is -2.11. The monoisotopic (exact) mass is 222 g/mol. The molecule has 16 heavy (non-hydrogen) atoms. The van der Waals surface area contributed by atoms with Crippen LogP contribution in [0.5, 0.6) is 0 Å². The first-order chi connectivity index (χ1) is 7.65. The van der Waals surface area contributed by atoms with Gasteiger partial charge in [-0.2, -0.15) is 0 Å². The van der Waals surface area contributed by atoms with Gasteiger partial charge in [0, 0.05) is 5.56 Å². The van der Waals surface area contributed by atoms with E-state index in [1.165, 1.54) is 12.1 Å². The maximum absolute atomic E-state index is 11.2. The average Bonchev–Trinajstić information content (AvgIpc) is 2.27. The Labute approximate surface area is 93.0 Å². The third-order valence-corrected chi connectivity index (χ3v) is 1.82. The topological polar surface area (TPSA) is 78.5 Å². The number of nitrogens with one attached hydrogen (secondary N) is 1. The highest BCUT2D eigenvalue weighted by Gasteiger charge is 2.07. The molecule has 0 saturated carbocycles. The van der Waals surface area contributed by atoms with Gasteiger partial charge in [0.2, 0.25) is 0 Å². The first kappa shape index (κ1) is 12.0. The Kier molecular flexibility index (Phi) is 4.32. The Morgan fingerprint density at radius 3 is 2.69 bits per heavy atom. The molecule has 5 nitrogen and oxygen atoms in total. The van der Waals surface area contributed by atoms with Crippen LogP contribution >= 0.6 is 0 Å². The third kappa shape index (κ3) is 3.27. The zero-order valence-corrected chi connectivity index (χ0v) is 8.86. The number of anilines is 1. The molecule has 1 aromatic rings. The fourth-order valence-corrected chi connectivity index (χ4v) is 1.11. The number of hydrogen-bond acceptors (Lipinski definition) is 4. The van der Waals surface area contributed by atoms with Gasteiger partial charge in [-0.05, 0) is 12.5 Å². The fraction of sp³-hybridized carbons (Fsp3) is 0.273. The number of carboxylic acids is 1. The Morgan fingerprint density at radius 1 is 1.38 bits per heavy atom. The molecule has 0 fully saturated rings. The molecule has 0 aromatic heterocycles. The molecule has 0 aliphatic carbocycles. The summed E-state index contributed by atoms with van der Waals surface area (Å²) in [6, 6.07) is 5.98. The predicted octanol–water partition coefficient (Wildman–Crippen LogP) is 1.01.